The maximum absolute atomic E-state index is 11.7. The van der Waals surface area contributed by atoms with E-state index in [0.29, 0.717) is 6.42 Å². The predicted octanol–water partition coefficient (Wildman–Crippen LogP) is 2.11. The van der Waals surface area contributed by atoms with Crippen LogP contribution in [0.1, 0.15) is 47.0 Å². The summed E-state index contributed by atoms with van der Waals surface area (Å²) in [6, 6.07) is 0.141. The molecule has 1 fully saturated rings. The van der Waals surface area contributed by atoms with E-state index in [2.05, 4.69) is 26.1 Å². The molecule has 1 amide bonds. The standard InChI is InChI=1S/C12H23NO2/c1-9(10-6-5-7-15-10)13-11(14)8-12(2,3)4/h9-10H,5-8H2,1-4H3,(H,13,14)/t9-,10+/m1/s1. The number of rotatable bonds is 3. The second-order valence-electron chi connectivity index (χ2n) is 5.65. The van der Waals surface area contributed by atoms with Crippen LogP contribution >= 0.6 is 0 Å². The van der Waals surface area contributed by atoms with Crippen molar-refractivity contribution in [2.75, 3.05) is 6.61 Å². The summed E-state index contributed by atoms with van der Waals surface area (Å²) in [6.45, 7) is 9.08. The highest BCUT2D eigenvalue weighted by atomic mass is 16.5. The minimum Gasteiger partial charge on any atom is -0.376 e. The van der Waals surface area contributed by atoms with Gasteiger partial charge in [0.1, 0.15) is 0 Å². The van der Waals surface area contributed by atoms with Gasteiger partial charge in [-0.25, -0.2) is 0 Å². The lowest BCUT2D eigenvalue weighted by Crippen LogP contribution is -2.41. The molecule has 1 N–H and O–H groups in total. The monoisotopic (exact) mass is 213 g/mol. The van der Waals surface area contributed by atoms with Gasteiger partial charge in [-0.2, -0.15) is 0 Å². The van der Waals surface area contributed by atoms with Crippen LogP contribution in [0.15, 0.2) is 0 Å². The Morgan fingerprint density at radius 3 is 2.67 bits per heavy atom. The Balaban J connectivity index is 2.30. The van der Waals surface area contributed by atoms with Gasteiger partial charge in [0, 0.05) is 13.0 Å². The molecule has 3 heteroatoms. The lowest BCUT2D eigenvalue weighted by Gasteiger charge is -2.23. The van der Waals surface area contributed by atoms with Gasteiger partial charge in [0.05, 0.1) is 12.1 Å². The molecule has 1 aliphatic rings. The van der Waals surface area contributed by atoms with Crippen LogP contribution in [-0.4, -0.2) is 24.7 Å². The summed E-state index contributed by atoms with van der Waals surface area (Å²) < 4.78 is 5.53. The molecule has 1 aliphatic heterocycles. The van der Waals surface area contributed by atoms with Crippen molar-refractivity contribution < 1.29 is 9.53 Å². The zero-order valence-electron chi connectivity index (χ0n) is 10.3. The summed E-state index contributed by atoms with van der Waals surface area (Å²) in [7, 11) is 0. The highest BCUT2D eigenvalue weighted by Gasteiger charge is 2.25. The first kappa shape index (κ1) is 12.5. The Kier molecular flexibility index (Phi) is 4.14. The molecule has 0 saturated carbocycles. The van der Waals surface area contributed by atoms with Crippen molar-refractivity contribution in [3.05, 3.63) is 0 Å². The quantitative estimate of drug-likeness (QED) is 0.779. The van der Waals surface area contributed by atoms with Crippen molar-refractivity contribution in [2.24, 2.45) is 5.41 Å². The Morgan fingerprint density at radius 2 is 2.20 bits per heavy atom. The Morgan fingerprint density at radius 1 is 1.53 bits per heavy atom. The number of carbonyl (C=O) groups is 1. The van der Waals surface area contributed by atoms with Gasteiger partial charge < -0.3 is 10.1 Å². The largest absolute Gasteiger partial charge is 0.376 e. The maximum Gasteiger partial charge on any atom is 0.220 e. The number of hydrogen-bond donors (Lipinski definition) is 1. The normalized spacial score (nSPS) is 23.9. The number of carbonyl (C=O) groups excluding carboxylic acids is 1. The average molecular weight is 213 g/mol. The maximum atomic E-state index is 11.7. The van der Waals surface area contributed by atoms with Crippen LogP contribution in [0.25, 0.3) is 0 Å². The van der Waals surface area contributed by atoms with E-state index in [0.717, 1.165) is 19.4 Å². The van der Waals surface area contributed by atoms with Crippen LogP contribution in [0.5, 0.6) is 0 Å². The summed E-state index contributed by atoms with van der Waals surface area (Å²) in [6.07, 6.45) is 2.97. The van der Waals surface area contributed by atoms with Gasteiger partial charge in [-0.15, -0.1) is 0 Å². The molecule has 0 spiro atoms. The highest BCUT2D eigenvalue weighted by Crippen LogP contribution is 2.19. The third-order valence-corrected chi connectivity index (χ3v) is 2.60. The molecule has 0 unspecified atom stereocenters. The van der Waals surface area contributed by atoms with Crippen molar-refractivity contribution in [1.29, 1.82) is 0 Å². The van der Waals surface area contributed by atoms with E-state index < -0.39 is 0 Å². The molecular formula is C12H23NO2. The van der Waals surface area contributed by atoms with Crippen LogP contribution in [0.4, 0.5) is 0 Å². The molecule has 3 nitrogen and oxygen atoms in total. The number of ether oxygens (including phenoxy) is 1. The number of hydrogen-bond acceptors (Lipinski definition) is 2. The molecular weight excluding hydrogens is 190 g/mol. The fraction of sp³-hybridized carbons (Fsp3) is 0.917. The first-order valence-corrected chi connectivity index (χ1v) is 5.79. The van der Waals surface area contributed by atoms with Crippen LogP contribution < -0.4 is 5.32 Å². The number of nitrogens with one attached hydrogen (secondary N) is 1. The Bertz CT molecular complexity index is 214. The first-order chi connectivity index (χ1) is 6.88. The van der Waals surface area contributed by atoms with Gasteiger partial charge in [-0.1, -0.05) is 20.8 Å². The second-order valence-corrected chi connectivity index (χ2v) is 5.65. The number of amides is 1. The Labute approximate surface area is 92.6 Å². The summed E-state index contributed by atoms with van der Waals surface area (Å²) >= 11 is 0. The van der Waals surface area contributed by atoms with Crippen LogP contribution in [0, 0.1) is 5.41 Å². The molecule has 1 heterocycles. The highest BCUT2D eigenvalue weighted by molar-refractivity contribution is 5.76. The lowest BCUT2D eigenvalue weighted by atomic mass is 9.92. The minimum absolute atomic E-state index is 0.0559. The molecule has 1 saturated heterocycles. The van der Waals surface area contributed by atoms with Crippen molar-refractivity contribution in [3.8, 4) is 0 Å². The Hall–Kier alpha value is -0.570. The van der Waals surface area contributed by atoms with E-state index >= 15 is 0 Å². The molecule has 0 bridgehead atoms. The summed E-state index contributed by atoms with van der Waals surface area (Å²) in [5.41, 5.74) is 0.0559. The van der Waals surface area contributed by atoms with Crippen molar-refractivity contribution >= 4 is 5.91 Å². The molecule has 0 aromatic carbocycles. The van der Waals surface area contributed by atoms with Gasteiger partial charge in [-0.05, 0) is 25.2 Å². The third kappa shape index (κ3) is 4.65. The molecule has 0 radical (unpaired) electrons. The van der Waals surface area contributed by atoms with Gasteiger partial charge in [-0.3, -0.25) is 4.79 Å². The van der Waals surface area contributed by atoms with E-state index in [1.54, 1.807) is 0 Å². The third-order valence-electron chi connectivity index (χ3n) is 2.60. The molecule has 0 aromatic rings. The zero-order chi connectivity index (χ0) is 11.5. The van der Waals surface area contributed by atoms with Gasteiger partial charge in [0.15, 0.2) is 0 Å². The van der Waals surface area contributed by atoms with E-state index in [4.69, 9.17) is 4.74 Å². The zero-order valence-corrected chi connectivity index (χ0v) is 10.3. The average Bonchev–Trinajstić information content (AvgIpc) is 2.50. The second kappa shape index (κ2) is 4.97. The molecule has 0 aliphatic carbocycles. The van der Waals surface area contributed by atoms with E-state index in [1.165, 1.54) is 0 Å². The fourth-order valence-corrected chi connectivity index (χ4v) is 1.88. The smallest absolute Gasteiger partial charge is 0.220 e. The predicted molar refractivity (Wildman–Crippen MR) is 60.7 cm³/mol. The van der Waals surface area contributed by atoms with Gasteiger partial charge in [0.2, 0.25) is 5.91 Å². The van der Waals surface area contributed by atoms with Crippen LogP contribution in [0.3, 0.4) is 0 Å². The van der Waals surface area contributed by atoms with Crippen molar-refractivity contribution in [1.82, 2.24) is 5.32 Å². The fourth-order valence-electron chi connectivity index (χ4n) is 1.88. The summed E-state index contributed by atoms with van der Waals surface area (Å²) in [4.78, 5) is 11.7. The minimum atomic E-state index is 0.0559. The van der Waals surface area contributed by atoms with Gasteiger partial charge >= 0.3 is 0 Å². The molecule has 2 atom stereocenters. The summed E-state index contributed by atoms with van der Waals surface area (Å²) in [5.74, 6) is 0.130. The molecule has 1 rings (SSSR count). The molecule has 88 valence electrons. The molecule has 15 heavy (non-hydrogen) atoms. The molecule has 0 aromatic heterocycles. The van der Waals surface area contributed by atoms with Gasteiger partial charge in [0.25, 0.3) is 0 Å². The van der Waals surface area contributed by atoms with E-state index in [-0.39, 0.29) is 23.5 Å². The van der Waals surface area contributed by atoms with Crippen molar-refractivity contribution in [2.45, 2.75) is 59.1 Å². The van der Waals surface area contributed by atoms with Crippen molar-refractivity contribution in [3.63, 3.8) is 0 Å². The van der Waals surface area contributed by atoms with Crippen LogP contribution in [-0.2, 0) is 9.53 Å². The van der Waals surface area contributed by atoms with E-state index in [9.17, 15) is 4.79 Å². The topological polar surface area (TPSA) is 38.3 Å². The van der Waals surface area contributed by atoms with E-state index in [1.807, 2.05) is 6.92 Å². The first-order valence-electron chi connectivity index (χ1n) is 5.79. The summed E-state index contributed by atoms with van der Waals surface area (Å²) in [5, 5.41) is 3.01. The lowest BCUT2D eigenvalue weighted by molar-refractivity contribution is -0.124. The van der Waals surface area contributed by atoms with Crippen LogP contribution in [0.2, 0.25) is 0 Å². The SMILES string of the molecule is C[C@@H](NC(=O)CC(C)(C)C)[C@@H]1CCCO1.